The van der Waals surface area contributed by atoms with Crippen molar-refractivity contribution in [3.05, 3.63) is 30.3 Å². The molecule has 5 heteroatoms. The molecule has 0 spiro atoms. The Morgan fingerprint density at radius 2 is 2.07 bits per heavy atom. The van der Waals surface area contributed by atoms with Gasteiger partial charge in [-0.25, -0.2) is 13.6 Å². The summed E-state index contributed by atoms with van der Waals surface area (Å²) in [7, 11) is -3.65. The summed E-state index contributed by atoms with van der Waals surface area (Å²) < 4.78 is 27.2. The molecule has 0 saturated heterocycles. The molecule has 1 rings (SSSR count). The Morgan fingerprint density at radius 3 is 2.50 bits per heavy atom. The molecule has 2 N–H and O–H groups in total. The van der Waals surface area contributed by atoms with Crippen molar-refractivity contribution in [2.75, 3.05) is 0 Å². The number of nitrogens with two attached hydrogens (primary N) is 1. The third kappa shape index (κ3) is 3.01. The number of primary sulfonamides is 1. The van der Waals surface area contributed by atoms with Gasteiger partial charge in [0.1, 0.15) is 5.75 Å². The van der Waals surface area contributed by atoms with Crippen LogP contribution in [0.25, 0.3) is 0 Å². The van der Waals surface area contributed by atoms with E-state index in [1.54, 1.807) is 31.2 Å². The Balaban J connectivity index is 2.77. The average molecular weight is 214 g/mol. The van der Waals surface area contributed by atoms with Crippen LogP contribution in [0.1, 0.15) is 13.3 Å². The highest BCUT2D eigenvalue weighted by molar-refractivity contribution is 7.89. The van der Waals surface area contributed by atoms with Crippen LogP contribution in [0.4, 0.5) is 0 Å². The largest absolute Gasteiger partial charge is 0.473 e. The molecule has 4 nitrogen and oxygen atoms in total. The van der Waals surface area contributed by atoms with Crippen molar-refractivity contribution in [1.29, 1.82) is 0 Å². The van der Waals surface area contributed by atoms with Crippen LogP contribution < -0.4 is 9.88 Å². The molecule has 0 aromatic heterocycles. The Labute approximate surface area is 83.7 Å². The van der Waals surface area contributed by atoms with Crippen LogP contribution in [0.15, 0.2) is 24.3 Å². The van der Waals surface area contributed by atoms with Gasteiger partial charge in [0.2, 0.25) is 15.5 Å². The molecule has 77 valence electrons. The van der Waals surface area contributed by atoms with Crippen molar-refractivity contribution in [3.8, 4) is 5.75 Å². The highest BCUT2D eigenvalue weighted by Crippen LogP contribution is 2.13. The van der Waals surface area contributed by atoms with Gasteiger partial charge in [-0.3, -0.25) is 0 Å². The lowest BCUT2D eigenvalue weighted by Crippen LogP contribution is -2.32. The summed E-state index contributed by atoms with van der Waals surface area (Å²) in [5.74, 6) is 0.477. The first-order valence-electron chi connectivity index (χ1n) is 4.18. The number of rotatable bonds is 4. The first-order valence-corrected chi connectivity index (χ1v) is 5.79. The van der Waals surface area contributed by atoms with Gasteiger partial charge in [-0.05, 0) is 24.6 Å². The monoisotopic (exact) mass is 214 g/mol. The molecule has 0 saturated carbocycles. The van der Waals surface area contributed by atoms with Gasteiger partial charge in [0.05, 0.1) is 0 Å². The van der Waals surface area contributed by atoms with E-state index in [9.17, 15) is 8.42 Å². The lowest BCUT2D eigenvalue weighted by molar-refractivity contribution is 0.269. The molecule has 0 amide bonds. The molecule has 0 heterocycles. The summed E-state index contributed by atoms with van der Waals surface area (Å²) in [5.41, 5.74) is -0.982. The third-order valence-corrected chi connectivity index (χ3v) is 2.82. The molecule has 0 bridgehead atoms. The SMILES string of the molecule is CCC(Oc1cc[c]cc1)S(N)(=O)=O. The van der Waals surface area contributed by atoms with Crippen molar-refractivity contribution >= 4 is 10.0 Å². The number of hydrogen-bond donors (Lipinski definition) is 1. The molecule has 14 heavy (non-hydrogen) atoms. The van der Waals surface area contributed by atoms with Crippen molar-refractivity contribution in [3.63, 3.8) is 0 Å². The maximum absolute atomic E-state index is 11.0. The van der Waals surface area contributed by atoms with Gasteiger partial charge in [0.25, 0.3) is 0 Å². The second kappa shape index (κ2) is 4.43. The summed E-state index contributed by atoms with van der Waals surface area (Å²) in [6.45, 7) is 1.70. The van der Waals surface area contributed by atoms with Crippen molar-refractivity contribution in [2.24, 2.45) is 5.14 Å². The van der Waals surface area contributed by atoms with Crippen LogP contribution in [-0.4, -0.2) is 13.9 Å². The first kappa shape index (κ1) is 11.0. The number of ether oxygens (including phenoxy) is 1. The summed E-state index contributed by atoms with van der Waals surface area (Å²) in [5, 5.41) is 4.98. The van der Waals surface area contributed by atoms with E-state index in [0.717, 1.165) is 0 Å². The van der Waals surface area contributed by atoms with E-state index in [1.165, 1.54) is 0 Å². The number of sulfonamides is 1. The van der Waals surface area contributed by atoms with Gasteiger partial charge in [-0.2, -0.15) is 0 Å². The fraction of sp³-hybridized carbons (Fsp3) is 0.333. The van der Waals surface area contributed by atoms with Crippen molar-refractivity contribution < 1.29 is 13.2 Å². The quantitative estimate of drug-likeness (QED) is 0.809. The van der Waals surface area contributed by atoms with Crippen molar-refractivity contribution in [1.82, 2.24) is 0 Å². The molecule has 1 unspecified atom stereocenters. The maximum atomic E-state index is 11.0. The Bertz CT molecular complexity index is 374. The number of benzene rings is 1. The van der Waals surface area contributed by atoms with Crippen LogP contribution in [0.2, 0.25) is 0 Å². The fourth-order valence-corrected chi connectivity index (χ4v) is 1.69. The second-order valence-electron chi connectivity index (χ2n) is 2.78. The zero-order chi connectivity index (χ0) is 10.6. The van der Waals surface area contributed by atoms with E-state index in [-0.39, 0.29) is 0 Å². The van der Waals surface area contributed by atoms with E-state index < -0.39 is 15.5 Å². The Kier molecular flexibility index (Phi) is 3.49. The third-order valence-electron chi connectivity index (χ3n) is 1.65. The maximum Gasteiger partial charge on any atom is 0.247 e. The predicted octanol–water partition coefficient (Wildman–Crippen LogP) is 0.890. The standard InChI is InChI=1S/C9H12NO3S/c1-2-9(14(10,11)12)13-8-6-4-3-5-7-8/h4-7,9H,2H2,1H3,(H2,10,11,12). The molecule has 0 fully saturated rings. The summed E-state index contributed by atoms with van der Waals surface area (Å²) >= 11 is 0. The van der Waals surface area contributed by atoms with Gasteiger partial charge < -0.3 is 4.74 Å². The molecule has 0 aliphatic carbocycles. The van der Waals surface area contributed by atoms with Gasteiger partial charge in [-0.1, -0.05) is 19.1 Å². The summed E-state index contributed by atoms with van der Waals surface area (Å²) in [6.07, 6.45) is 0.317. The molecular formula is C9H12NO3S. The topological polar surface area (TPSA) is 69.4 Å². The van der Waals surface area contributed by atoms with Crippen LogP contribution >= 0.6 is 0 Å². The molecule has 0 aliphatic heterocycles. The second-order valence-corrected chi connectivity index (χ2v) is 4.48. The van der Waals surface area contributed by atoms with Crippen molar-refractivity contribution in [2.45, 2.75) is 18.8 Å². The van der Waals surface area contributed by atoms with Crippen LogP contribution in [-0.2, 0) is 10.0 Å². The van der Waals surface area contributed by atoms with E-state index in [1.807, 2.05) is 0 Å². The zero-order valence-electron chi connectivity index (χ0n) is 7.80. The highest BCUT2D eigenvalue weighted by atomic mass is 32.2. The molecule has 1 aromatic carbocycles. The Hall–Kier alpha value is -1.07. The normalized spacial score (nSPS) is 13.6. The van der Waals surface area contributed by atoms with Crippen LogP contribution in [0.3, 0.4) is 0 Å². The first-order chi connectivity index (χ1) is 6.54. The fourth-order valence-electron chi connectivity index (χ4n) is 0.985. The van der Waals surface area contributed by atoms with E-state index >= 15 is 0 Å². The molecule has 1 radical (unpaired) electrons. The number of hydrogen-bond acceptors (Lipinski definition) is 3. The highest BCUT2D eigenvalue weighted by Gasteiger charge is 2.20. The Morgan fingerprint density at radius 1 is 1.50 bits per heavy atom. The summed E-state index contributed by atoms with van der Waals surface area (Å²) in [6, 6.07) is 9.36. The predicted molar refractivity (Wildman–Crippen MR) is 53.1 cm³/mol. The summed E-state index contributed by atoms with van der Waals surface area (Å²) in [4.78, 5) is 0. The van der Waals surface area contributed by atoms with E-state index in [2.05, 4.69) is 6.07 Å². The van der Waals surface area contributed by atoms with E-state index in [0.29, 0.717) is 12.2 Å². The minimum absolute atomic E-state index is 0.317. The van der Waals surface area contributed by atoms with Crippen LogP contribution in [0, 0.1) is 6.07 Å². The zero-order valence-corrected chi connectivity index (χ0v) is 8.62. The van der Waals surface area contributed by atoms with Gasteiger partial charge in [-0.15, -0.1) is 0 Å². The minimum atomic E-state index is -3.65. The molecule has 1 atom stereocenters. The van der Waals surface area contributed by atoms with Crippen LogP contribution in [0.5, 0.6) is 5.75 Å². The molecule has 1 aromatic rings. The van der Waals surface area contributed by atoms with Gasteiger partial charge in [0, 0.05) is 0 Å². The minimum Gasteiger partial charge on any atom is -0.473 e. The molecule has 0 aliphatic rings. The molecular weight excluding hydrogens is 202 g/mol. The average Bonchev–Trinajstić information content (AvgIpc) is 2.14. The lowest BCUT2D eigenvalue weighted by Gasteiger charge is -2.14. The van der Waals surface area contributed by atoms with Gasteiger partial charge >= 0.3 is 0 Å². The lowest BCUT2D eigenvalue weighted by atomic mass is 10.3. The van der Waals surface area contributed by atoms with E-state index in [4.69, 9.17) is 9.88 Å². The smallest absolute Gasteiger partial charge is 0.247 e. The van der Waals surface area contributed by atoms with Gasteiger partial charge in [0.15, 0.2) is 0 Å².